The molecule has 0 saturated carbocycles. The number of hydrogen-bond donors (Lipinski definition) is 3. The third kappa shape index (κ3) is 32.8. The molecule has 4 nitrogen and oxygen atoms in total. The van der Waals surface area contributed by atoms with E-state index in [4.69, 9.17) is 17.3 Å². The molecule has 29 heavy (non-hydrogen) atoms. The van der Waals surface area contributed by atoms with Crippen molar-refractivity contribution < 1.29 is 27.3 Å². The molecule has 0 aromatic rings. The Morgan fingerprint density at radius 3 is 1.10 bits per heavy atom. The molecular weight excluding hydrogens is 444 g/mol. The molecule has 0 aromatic heterocycles. The normalized spacial score (nSPS) is 9.86. The first-order chi connectivity index (χ1) is 13.5. The van der Waals surface area contributed by atoms with Crippen LogP contribution in [0.3, 0.4) is 0 Å². The molecule has 0 atom stereocenters. The van der Waals surface area contributed by atoms with E-state index >= 15 is 0 Å². The second-order valence-electron chi connectivity index (χ2n) is 7.56. The Kier molecular flexibility index (Phi) is 32.3. The second kappa shape index (κ2) is 27.9. The molecule has 0 amide bonds. The number of hydrogen-bond acceptors (Lipinski definition) is 2. The van der Waals surface area contributed by atoms with Crippen LogP contribution in [0.15, 0.2) is 0 Å². The molecule has 0 fully saturated rings. The average Bonchev–Trinajstić information content (AvgIpc) is 2.63. The minimum Gasteiger partial charge on any atom is -0.487 e. The van der Waals surface area contributed by atoms with Gasteiger partial charge in [-0.2, -0.15) is 0 Å². The van der Waals surface area contributed by atoms with Crippen LogP contribution < -0.4 is 5.73 Å². The van der Waals surface area contributed by atoms with Crippen molar-refractivity contribution in [3.8, 4) is 0 Å². The Bertz CT molecular complexity index is 338. The van der Waals surface area contributed by atoms with Gasteiger partial charge in [-0.3, -0.25) is 0 Å². The first-order valence-electron chi connectivity index (χ1n) is 11.4. The van der Waals surface area contributed by atoms with E-state index in [0.29, 0.717) is 0 Å². The number of unbranched alkanes of at least 4 members (excludes halogenated alkanes) is 14. The predicted octanol–water partition coefficient (Wildman–Crippen LogP) is 7.20. The summed E-state index contributed by atoms with van der Waals surface area (Å²) in [6.45, 7) is 6.39. The fourth-order valence-corrected chi connectivity index (χ4v) is 3.36. The second-order valence-corrected chi connectivity index (χ2v) is 8.34. The van der Waals surface area contributed by atoms with Crippen LogP contribution in [0.4, 0.5) is 0 Å². The van der Waals surface area contributed by atoms with Crippen LogP contribution in [-0.2, 0) is 17.1 Å². The van der Waals surface area contributed by atoms with Crippen molar-refractivity contribution in [2.24, 2.45) is 5.73 Å². The van der Waals surface area contributed by atoms with Crippen LogP contribution in [0.25, 0.3) is 0 Å². The van der Waals surface area contributed by atoms with Crippen molar-refractivity contribution in [2.45, 2.75) is 117 Å². The molecule has 7 heteroatoms. The van der Waals surface area contributed by atoms with Gasteiger partial charge in [0.05, 0.1) is 0 Å². The Balaban J connectivity index is -0.00000123. The molecular formula is C22H46FeN2O2S2. The summed E-state index contributed by atoms with van der Waals surface area (Å²) in [5.74, 6) is 0. The van der Waals surface area contributed by atoms with Gasteiger partial charge in [-0.1, -0.05) is 104 Å². The van der Waals surface area contributed by atoms with E-state index < -0.39 is 5.17 Å². The number of rotatable bonds is 18. The monoisotopic (exact) mass is 490 g/mol. The molecule has 0 aliphatic heterocycles. The maximum Gasteiger partial charge on any atom is 0.256 e. The maximum atomic E-state index is 9.67. The Hall–Kier alpha value is -0.101. The van der Waals surface area contributed by atoms with Crippen molar-refractivity contribution in [3.05, 3.63) is 0 Å². The average molecular weight is 491 g/mol. The molecule has 0 rings (SSSR count). The van der Waals surface area contributed by atoms with Crippen LogP contribution in [0.5, 0.6) is 0 Å². The van der Waals surface area contributed by atoms with E-state index in [-0.39, 0.29) is 22.2 Å². The zero-order valence-electron chi connectivity index (χ0n) is 18.8. The van der Waals surface area contributed by atoms with Gasteiger partial charge in [0, 0.05) is 30.2 Å². The minimum atomic E-state index is -0.500. The van der Waals surface area contributed by atoms with Crippen molar-refractivity contribution in [3.63, 3.8) is 0 Å². The first-order valence-corrected chi connectivity index (χ1v) is 12.2. The van der Waals surface area contributed by atoms with Gasteiger partial charge in [0.1, 0.15) is 0 Å². The van der Waals surface area contributed by atoms with E-state index in [0.717, 1.165) is 25.9 Å². The molecule has 0 unspecified atom stereocenters. The summed E-state index contributed by atoms with van der Waals surface area (Å²) in [5, 5.41) is 16.8. The molecule has 0 aliphatic carbocycles. The summed E-state index contributed by atoms with van der Waals surface area (Å²) in [4.78, 5) is 2.00. The zero-order valence-corrected chi connectivity index (χ0v) is 21.6. The number of aliphatic hydroxyl groups is 2. The topological polar surface area (TPSA) is 69.7 Å². The van der Waals surface area contributed by atoms with Crippen molar-refractivity contribution in [1.29, 1.82) is 0 Å². The Morgan fingerprint density at radius 1 is 0.621 bits per heavy atom. The largest absolute Gasteiger partial charge is 0.487 e. The van der Waals surface area contributed by atoms with Gasteiger partial charge >= 0.3 is 0 Å². The smallest absolute Gasteiger partial charge is 0.256 e. The molecule has 0 radical (unpaired) electrons. The molecule has 176 valence electrons. The van der Waals surface area contributed by atoms with Gasteiger partial charge in [0.25, 0.3) is 10.3 Å². The van der Waals surface area contributed by atoms with Gasteiger partial charge in [0.15, 0.2) is 0 Å². The summed E-state index contributed by atoms with van der Waals surface area (Å²) < 4.78 is 0. The molecule has 0 heterocycles. The van der Waals surface area contributed by atoms with Crippen LogP contribution in [-0.4, -0.2) is 38.6 Å². The van der Waals surface area contributed by atoms with E-state index in [9.17, 15) is 5.11 Å². The Morgan fingerprint density at radius 2 is 0.862 bits per heavy atom. The SMILES string of the molecule is CCCCCCCCCCN(CCCCCCCCCC)C(O)=S.NC(O)=S.[Fe]. The first kappa shape index (κ1) is 33.5. The van der Waals surface area contributed by atoms with Gasteiger partial charge in [-0.25, -0.2) is 0 Å². The molecule has 0 saturated heterocycles. The molecule has 0 aromatic carbocycles. The van der Waals surface area contributed by atoms with Crippen molar-refractivity contribution >= 4 is 34.8 Å². The van der Waals surface area contributed by atoms with Crippen LogP contribution >= 0.6 is 24.4 Å². The molecule has 0 bridgehead atoms. The third-order valence-corrected chi connectivity index (χ3v) is 5.09. The van der Waals surface area contributed by atoms with E-state index in [1.165, 1.54) is 89.9 Å². The standard InChI is InChI=1S/C21H43NOS.CH3NOS.Fe/c1-3-5-7-9-11-13-15-17-19-22(21(23)24)20-18-16-14-12-10-8-6-4-2;2-1(3)4;/h3-20H2,1-2H3,(H,23,24);(H3,2,3,4);. The number of nitrogens with zero attached hydrogens (tertiary/aromatic N) is 1. The maximum absolute atomic E-state index is 9.67. The van der Waals surface area contributed by atoms with Crippen LogP contribution in [0.2, 0.25) is 0 Å². The quantitative estimate of drug-likeness (QED) is 0.107. The fourth-order valence-electron chi connectivity index (χ4n) is 3.18. The summed E-state index contributed by atoms with van der Waals surface area (Å²) in [6, 6.07) is 0. The number of nitrogens with two attached hydrogens (primary N) is 1. The van der Waals surface area contributed by atoms with Crippen molar-refractivity contribution in [2.75, 3.05) is 13.1 Å². The minimum absolute atomic E-state index is 0. The van der Waals surface area contributed by atoms with Crippen molar-refractivity contribution in [1.82, 2.24) is 4.90 Å². The van der Waals surface area contributed by atoms with Gasteiger partial charge < -0.3 is 20.8 Å². The van der Waals surface area contributed by atoms with Gasteiger partial charge in [-0.05, 0) is 37.3 Å². The van der Waals surface area contributed by atoms with E-state index in [2.05, 4.69) is 31.8 Å². The van der Waals surface area contributed by atoms with E-state index in [1.807, 2.05) is 4.90 Å². The summed E-state index contributed by atoms with van der Waals surface area (Å²) >= 11 is 8.87. The Labute approximate surface area is 201 Å². The molecule has 0 spiro atoms. The summed E-state index contributed by atoms with van der Waals surface area (Å²) in [7, 11) is 0. The number of thiocarbonyl (C=S) groups is 2. The van der Waals surface area contributed by atoms with Crippen LogP contribution in [0, 0.1) is 0 Å². The number of aliphatic hydroxyl groups excluding tert-OH is 2. The van der Waals surface area contributed by atoms with Crippen LogP contribution in [0.1, 0.15) is 117 Å². The summed E-state index contributed by atoms with van der Waals surface area (Å²) in [6.07, 6.45) is 21.2. The van der Waals surface area contributed by atoms with Gasteiger partial charge in [0.2, 0.25) is 0 Å². The third-order valence-electron chi connectivity index (χ3n) is 4.83. The van der Waals surface area contributed by atoms with E-state index in [1.54, 1.807) is 0 Å². The molecule has 0 aliphatic rings. The predicted molar refractivity (Wildman–Crippen MR) is 131 cm³/mol. The molecule has 4 N–H and O–H groups in total. The fraction of sp³-hybridized carbons (Fsp3) is 0.909. The zero-order chi connectivity index (χ0) is 21.5. The van der Waals surface area contributed by atoms with Gasteiger partial charge in [-0.15, -0.1) is 0 Å². The summed E-state index contributed by atoms with van der Waals surface area (Å²) in [5.41, 5.74) is 4.40.